The van der Waals surface area contributed by atoms with E-state index in [1.54, 1.807) is 0 Å². The maximum atomic E-state index is 4.84. The highest BCUT2D eigenvalue weighted by Gasteiger charge is 2.05. The smallest absolute Gasteiger partial charge is 0.315 e. The van der Waals surface area contributed by atoms with Gasteiger partial charge >= 0.3 is 4.84 Å². The van der Waals surface area contributed by atoms with Crippen molar-refractivity contribution in [1.29, 1.82) is 0 Å². The third-order valence-electron chi connectivity index (χ3n) is 2.07. The Morgan fingerprint density at radius 1 is 1.50 bits per heavy atom. The number of rotatable bonds is 5. The van der Waals surface area contributed by atoms with Crippen molar-refractivity contribution in [3.63, 3.8) is 0 Å². The molecular weight excluding hydrogens is 230 g/mol. The van der Waals surface area contributed by atoms with Crippen LogP contribution in [-0.2, 0) is 6.42 Å². The van der Waals surface area contributed by atoms with Gasteiger partial charge in [0.05, 0.1) is 0 Å². The summed E-state index contributed by atoms with van der Waals surface area (Å²) < 4.78 is 4.84. The lowest BCUT2D eigenvalue weighted by molar-refractivity contribution is 0.404. The van der Waals surface area contributed by atoms with Crippen molar-refractivity contribution in [2.24, 2.45) is 0 Å². The first-order valence-electron chi connectivity index (χ1n) is 4.74. The van der Waals surface area contributed by atoms with Crippen LogP contribution in [0.25, 0.3) is 0 Å². The van der Waals surface area contributed by atoms with Crippen LogP contribution >= 0.6 is 12.2 Å². The number of aryl methyl sites for hydroxylation is 1. The van der Waals surface area contributed by atoms with E-state index in [4.69, 9.17) is 16.7 Å². The average Bonchev–Trinajstić information content (AvgIpc) is 2.89. The van der Waals surface area contributed by atoms with Crippen molar-refractivity contribution in [2.45, 2.75) is 12.8 Å². The molecule has 0 unspecified atom stereocenters. The van der Waals surface area contributed by atoms with Gasteiger partial charge in [0.15, 0.2) is 5.82 Å². The standard InChI is InChI=1S/C7H11N7OS/c1-14(6-8-7(16)15-11-6)4-2-3-5-9-12-13-10-5/h2-4H2,1H3,(H,8,11,16)(H,9,10,12,13). The first-order chi connectivity index (χ1) is 7.75. The van der Waals surface area contributed by atoms with E-state index < -0.39 is 0 Å². The van der Waals surface area contributed by atoms with Gasteiger partial charge in [-0.3, -0.25) is 0 Å². The highest BCUT2D eigenvalue weighted by atomic mass is 32.1. The lowest BCUT2D eigenvalue weighted by atomic mass is 10.3. The molecule has 0 spiro atoms. The Kier molecular flexibility index (Phi) is 3.25. The van der Waals surface area contributed by atoms with Gasteiger partial charge in [-0.2, -0.15) is 15.4 Å². The fourth-order valence-electron chi connectivity index (χ4n) is 1.25. The molecule has 0 radical (unpaired) electrons. The molecule has 0 amide bonds. The largest absolute Gasteiger partial charge is 0.346 e. The van der Waals surface area contributed by atoms with Gasteiger partial charge in [-0.25, -0.2) is 0 Å². The minimum absolute atomic E-state index is 0.208. The summed E-state index contributed by atoms with van der Waals surface area (Å²) in [5.74, 6) is 1.33. The minimum atomic E-state index is 0.208. The van der Waals surface area contributed by atoms with Gasteiger partial charge in [0.2, 0.25) is 5.95 Å². The number of aromatic amines is 2. The van der Waals surface area contributed by atoms with Crippen molar-refractivity contribution >= 4 is 18.2 Å². The van der Waals surface area contributed by atoms with E-state index in [9.17, 15) is 0 Å². The normalized spacial score (nSPS) is 10.6. The Balaban J connectivity index is 1.80. The van der Waals surface area contributed by atoms with Crippen LogP contribution in [0.4, 0.5) is 5.95 Å². The predicted molar refractivity (Wildman–Crippen MR) is 57.5 cm³/mol. The number of tetrazole rings is 1. The highest BCUT2D eigenvalue weighted by molar-refractivity contribution is 7.71. The van der Waals surface area contributed by atoms with Crippen LogP contribution in [0.5, 0.6) is 0 Å². The molecule has 0 fully saturated rings. The van der Waals surface area contributed by atoms with Crippen LogP contribution in [0.3, 0.4) is 0 Å². The van der Waals surface area contributed by atoms with Gasteiger partial charge < -0.3 is 9.42 Å². The lowest BCUT2D eigenvalue weighted by Crippen LogP contribution is -2.20. The molecule has 2 heterocycles. The zero-order valence-corrected chi connectivity index (χ0v) is 9.49. The molecule has 0 aliphatic carbocycles. The molecule has 2 aromatic rings. The van der Waals surface area contributed by atoms with E-state index in [-0.39, 0.29) is 4.84 Å². The lowest BCUT2D eigenvalue weighted by Gasteiger charge is -2.13. The molecule has 2 rings (SSSR count). The minimum Gasteiger partial charge on any atom is -0.346 e. The molecule has 0 aliphatic rings. The van der Waals surface area contributed by atoms with E-state index in [1.807, 2.05) is 11.9 Å². The summed E-state index contributed by atoms with van der Waals surface area (Å²) in [5, 5.41) is 16.3. The summed E-state index contributed by atoms with van der Waals surface area (Å²) in [6.45, 7) is 0.798. The van der Waals surface area contributed by atoms with Crippen LogP contribution < -0.4 is 4.90 Å². The van der Waals surface area contributed by atoms with Crippen molar-refractivity contribution in [1.82, 2.24) is 30.8 Å². The van der Waals surface area contributed by atoms with Crippen molar-refractivity contribution in [2.75, 3.05) is 18.5 Å². The summed E-state index contributed by atoms with van der Waals surface area (Å²) in [5.41, 5.74) is 0. The van der Waals surface area contributed by atoms with Crippen molar-refractivity contribution < 1.29 is 4.52 Å². The highest BCUT2D eigenvalue weighted by Crippen LogP contribution is 2.05. The zero-order valence-electron chi connectivity index (χ0n) is 8.67. The Hall–Kier alpha value is -1.77. The molecule has 8 nitrogen and oxygen atoms in total. The van der Waals surface area contributed by atoms with E-state index >= 15 is 0 Å². The maximum absolute atomic E-state index is 4.84. The number of hydrogen-bond acceptors (Lipinski definition) is 7. The topological polar surface area (TPSA) is 99.5 Å². The van der Waals surface area contributed by atoms with E-state index in [1.165, 1.54) is 0 Å². The van der Waals surface area contributed by atoms with E-state index in [2.05, 4.69) is 30.8 Å². The van der Waals surface area contributed by atoms with Crippen LogP contribution in [0.15, 0.2) is 4.52 Å². The second kappa shape index (κ2) is 4.84. The summed E-state index contributed by atoms with van der Waals surface area (Å²) in [4.78, 5) is 6.12. The summed E-state index contributed by atoms with van der Waals surface area (Å²) in [6, 6.07) is 0. The third-order valence-corrected chi connectivity index (χ3v) is 2.25. The third kappa shape index (κ3) is 2.63. The number of anilines is 1. The molecule has 86 valence electrons. The molecule has 0 bridgehead atoms. The number of H-pyrrole nitrogens is 2. The van der Waals surface area contributed by atoms with Gasteiger partial charge in [0, 0.05) is 20.0 Å². The number of nitrogens with one attached hydrogen (secondary N) is 2. The summed E-state index contributed by atoms with van der Waals surface area (Å²) in [6.07, 6.45) is 1.66. The number of hydrogen-bond donors (Lipinski definition) is 2. The average molecular weight is 241 g/mol. The van der Waals surface area contributed by atoms with Gasteiger partial charge in [-0.15, -0.1) is 10.2 Å². The predicted octanol–water partition coefficient (Wildman–Crippen LogP) is 0.314. The quantitative estimate of drug-likeness (QED) is 0.727. The molecule has 0 saturated heterocycles. The second-order valence-corrected chi connectivity index (χ2v) is 3.61. The SMILES string of the molecule is CN(CCCc1nn[nH]n1)c1nc(=S)o[nH]1. The first kappa shape index (κ1) is 10.7. The number of aromatic nitrogens is 6. The first-order valence-corrected chi connectivity index (χ1v) is 5.15. The zero-order chi connectivity index (χ0) is 11.4. The van der Waals surface area contributed by atoms with Crippen LogP contribution in [0.1, 0.15) is 12.2 Å². The van der Waals surface area contributed by atoms with Gasteiger partial charge in [0.1, 0.15) is 0 Å². The molecular formula is C7H11N7OS. The van der Waals surface area contributed by atoms with Crippen LogP contribution in [0.2, 0.25) is 0 Å². The number of nitrogens with zero attached hydrogens (tertiary/aromatic N) is 5. The summed E-state index contributed by atoms with van der Waals surface area (Å²) in [7, 11) is 1.90. The Morgan fingerprint density at radius 2 is 2.38 bits per heavy atom. The molecule has 0 saturated carbocycles. The maximum Gasteiger partial charge on any atom is 0.315 e. The van der Waals surface area contributed by atoms with E-state index in [0.717, 1.165) is 19.4 Å². The molecule has 9 heteroatoms. The fourth-order valence-corrected chi connectivity index (χ4v) is 1.38. The molecule has 2 N–H and O–H groups in total. The van der Waals surface area contributed by atoms with Crippen molar-refractivity contribution in [3.05, 3.63) is 10.7 Å². The summed E-state index contributed by atoms with van der Waals surface area (Å²) >= 11 is 4.76. The molecule has 0 atom stereocenters. The Bertz CT molecular complexity index is 475. The fraction of sp³-hybridized carbons (Fsp3) is 0.571. The van der Waals surface area contributed by atoms with Crippen LogP contribution in [-0.4, -0.2) is 44.4 Å². The molecule has 0 aliphatic heterocycles. The molecule has 16 heavy (non-hydrogen) atoms. The van der Waals surface area contributed by atoms with Gasteiger partial charge in [-0.1, -0.05) is 5.21 Å². The Labute approximate surface area is 96.0 Å². The second-order valence-electron chi connectivity index (χ2n) is 3.26. The molecule has 2 aromatic heterocycles. The monoisotopic (exact) mass is 241 g/mol. The Morgan fingerprint density at radius 3 is 3.00 bits per heavy atom. The van der Waals surface area contributed by atoms with Gasteiger partial charge in [-0.05, 0) is 18.6 Å². The molecule has 0 aromatic carbocycles. The van der Waals surface area contributed by atoms with E-state index in [0.29, 0.717) is 11.8 Å². The van der Waals surface area contributed by atoms with Crippen LogP contribution in [0, 0.1) is 4.84 Å². The van der Waals surface area contributed by atoms with Crippen molar-refractivity contribution in [3.8, 4) is 0 Å². The van der Waals surface area contributed by atoms with Gasteiger partial charge in [0.25, 0.3) is 0 Å².